The van der Waals surface area contributed by atoms with Crippen molar-refractivity contribution in [1.29, 1.82) is 5.41 Å². The Hall–Kier alpha value is -2.04. The monoisotopic (exact) mass is 205 g/mol. The van der Waals surface area contributed by atoms with Crippen molar-refractivity contribution in [3.63, 3.8) is 0 Å². The van der Waals surface area contributed by atoms with Crippen LogP contribution < -0.4 is 11.4 Å². The zero-order valence-electron chi connectivity index (χ0n) is 8.52. The van der Waals surface area contributed by atoms with Gasteiger partial charge in [-0.1, -0.05) is 18.2 Å². The topological polar surface area (TPSA) is 63.9 Å². The molecule has 1 heterocycles. The molecule has 0 unspecified atom stereocenters. The third-order valence-corrected chi connectivity index (χ3v) is 2.24. The summed E-state index contributed by atoms with van der Waals surface area (Å²) in [5.74, 6) is 0. The first-order valence-electron chi connectivity index (χ1n) is 4.51. The lowest BCUT2D eigenvalue weighted by Crippen LogP contribution is -2.27. The Balaban J connectivity index is 2.81. The summed E-state index contributed by atoms with van der Waals surface area (Å²) < 4.78 is 7.16. The molecule has 0 atom stereocenters. The van der Waals surface area contributed by atoms with E-state index in [0.717, 1.165) is 10.3 Å². The van der Waals surface area contributed by atoms with Crippen LogP contribution in [0.2, 0.25) is 0 Å². The maximum Gasteiger partial charge on any atom is 0.365 e. The third kappa shape index (κ3) is 1.41. The number of para-hydroxylation sites is 1. The zero-order chi connectivity index (χ0) is 11.0. The molecular formula is C10H11N3O2. The number of aryl methyl sites for hydroxylation is 2. The minimum absolute atomic E-state index is 0.170. The molecule has 0 spiro atoms. The van der Waals surface area contributed by atoms with Crippen molar-refractivity contribution >= 4 is 0 Å². The molecule has 5 nitrogen and oxygen atoms in total. The van der Waals surface area contributed by atoms with Gasteiger partial charge in [-0.25, -0.2) is 14.8 Å². The molecule has 1 N–H and O–H groups in total. The lowest BCUT2D eigenvalue weighted by molar-refractivity contribution is 0.265. The molecule has 0 saturated carbocycles. The molecule has 0 aliphatic heterocycles. The van der Waals surface area contributed by atoms with Crippen LogP contribution in [-0.4, -0.2) is 9.31 Å². The second-order valence-electron chi connectivity index (χ2n) is 3.30. The van der Waals surface area contributed by atoms with Crippen molar-refractivity contribution < 1.29 is 4.52 Å². The number of benzene rings is 1. The quantitative estimate of drug-likeness (QED) is 0.739. The third-order valence-electron chi connectivity index (χ3n) is 2.24. The fraction of sp³-hybridized carbons (Fsp3) is 0.200. The van der Waals surface area contributed by atoms with Crippen LogP contribution in [0.4, 0.5) is 0 Å². The molecular weight excluding hydrogens is 194 g/mol. The first-order chi connectivity index (χ1) is 7.11. The Bertz CT molecular complexity index is 604. The highest BCUT2D eigenvalue weighted by molar-refractivity contribution is 5.39. The standard InChI is InChI=1S/C10H11N3O2/c1-7-5-3-4-6-8(7)13-9(11)15-12(2)10(13)14/h3-6,11H,1-2H3. The Morgan fingerprint density at radius 3 is 2.53 bits per heavy atom. The molecule has 0 fully saturated rings. The Labute approximate surface area is 85.7 Å². The van der Waals surface area contributed by atoms with E-state index < -0.39 is 0 Å². The SMILES string of the molecule is Cc1ccccc1-n1c(=N)on(C)c1=O. The van der Waals surface area contributed by atoms with Gasteiger partial charge in [-0.3, -0.25) is 0 Å². The maximum atomic E-state index is 11.7. The summed E-state index contributed by atoms with van der Waals surface area (Å²) in [5.41, 5.74) is 1.08. The fourth-order valence-electron chi connectivity index (χ4n) is 1.46. The normalized spacial score (nSPS) is 10.5. The highest BCUT2D eigenvalue weighted by Gasteiger charge is 2.09. The van der Waals surface area contributed by atoms with Gasteiger partial charge >= 0.3 is 11.4 Å². The lowest BCUT2D eigenvalue weighted by Gasteiger charge is -2.02. The molecule has 2 aromatic rings. The van der Waals surface area contributed by atoms with Crippen molar-refractivity contribution in [2.45, 2.75) is 6.92 Å². The molecule has 0 aliphatic rings. The van der Waals surface area contributed by atoms with Crippen LogP contribution in [-0.2, 0) is 7.05 Å². The van der Waals surface area contributed by atoms with E-state index in [2.05, 4.69) is 0 Å². The summed E-state index contributed by atoms with van der Waals surface area (Å²) in [5, 5.41) is 7.54. The highest BCUT2D eigenvalue weighted by atomic mass is 16.5. The zero-order valence-corrected chi connectivity index (χ0v) is 8.52. The van der Waals surface area contributed by atoms with Crippen molar-refractivity contribution in [3.8, 4) is 5.69 Å². The average molecular weight is 205 g/mol. The summed E-state index contributed by atoms with van der Waals surface area (Å²) in [7, 11) is 1.48. The molecule has 15 heavy (non-hydrogen) atoms. The minimum Gasteiger partial charge on any atom is -0.336 e. The number of hydrogen-bond donors (Lipinski definition) is 1. The van der Waals surface area contributed by atoms with Gasteiger partial charge in [0, 0.05) is 0 Å². The van der Waals surface area contributed by atoms with Crippen LogP contribution in [0.15, 0.2) is 33.6 Å². The van der Waals surface area contributed by atoms with Crippen LogP contribution in [0.25, 0.3) is 5.69 Å². The molecule has 0 bridgehead atoms. The lowest BCUT2D eigenvalue weighted by atomic mass is 10.2. The van der Waals surface area contributed by atoms with Gasteiger partial charge in [0.1, 0.15) is 0 Å². The maximum absolute atomic E-state index is 11.7. The van der Waals surface area contributed by atoms with E-state index in [1.54, 1.807) is 6.07 Å². The van der Waals surface area contributed by atoms with Crippen LogP contribution in [0.5, 0.6) is 0 Å². The van der Waals surface area contributed by atoms with E-state index in [-0.39, 0.29) is 11.4 Å². The molecule has 2 rings (SSSR count). The predicted octanol–water partition coefficient (Wildman–Crippen LogP) is 0.557. The predicted molar refractivity (Wildman–Crippen MR) is 53.9 cm³/mol. The Kier molecular flexibility index (Phi) is 2.07. The first kappa shape index (κ1) is 9.51. The number of aromatic nitrogens is 2. The van der Waals surface area contributed by atoms with E-state index in [4.69, 9.17) is 9.93 Å². The van der Waals surface area contributed by atoms with E-state index in [0.29, 0.717) is 5.69 Å². The van der Waals surface area contributed by atoms with Crippen LogP contribution >= 0.6 is 0 Å². The molecule has 78 valence electrons. The van der Waals surface area contributed by atoms with Gasteiger partial charge in [-0.15, -0.1) is 0 Å². The summed E-state index contributed by atoms with van der Waals surface area (Å²) in [6, 6.07) is 7.37. The van der Waals surface area contributed by atoms with Crippen LogP contribution in [0, 0.1) is 12.3 Å². The fourth-order valence-corrected chi connectivity index (χ4v) is 1.46. The van der Waals surface area contributed by atoms with E-state index in [1.165, 1.54) is 11.6 Å². The molecule has 0 radical (unpaired) electrons. The molecule has 0 aliphatic carbocycles. The second kappa shape index (κ2) is 3.27. The van der Waals surface area contributed by atoms with Crippen molar-refractivity contribution in [1.82, 2.24) is 9.31 Å². The Morgan fingerprint density at radius 2 is 2.00 bits per heavy atom. The summed E-state index contributed by atoms with van der Waals surface area (Å²) in [6.07, 6.45) is 0. The first-order valence-corrected chi connectivity index (χ1v) is 4.51. The molecule has 0 amide bonds. The largest absolute Gasteiger partial charge is 0.365 e. The van der Waals surface area contributed by atoms with Crippen LogP contribution in [0.1, 0.15) is 5.56 Å². The van der Waals surface area contributed by atoms with Crippen molar-refractivity contribution in [2.24, 2.45) is 7.05 Å². The van der Waals surface area contributed by atoms with Gasteiger partial charge in [0.2, 0.25) is 0 Å². The van der Waals surface area contributed by atoms with Gasteiger partial charge < -0.3 is 4.52 Å². The smallest absolute Gasteiger partial charge is 0.336 e. The van der Waals surface area contributed by atoms with Gasteiger partial charge in [0.05, 0.1) is 12.7 Å². The van der Waals surface area contributed by atoms with E-state index >= 15 is 0 Å². The van der Waals surface area contributed by atoms with Gasteiger partial charge in [0.15, 0.2) is 0 Å². The van der Waals surface area contributed by atoms with E-state index in [1.807, 2.05) is 25.1 Å². The molecule has 1 aromatic heterocycles. The molecule has 1 aromatic carbocycles. The van der Waals surface area contributed by atoms with Crippen molar-refractivity contribution in [3.05, 3.63) is 46.0 Å². The average Bonchev–Trinajstić information content (AvgIpc) is 2.43. The molecule has 0 saturated heterocycles. The van der Waals surface area contributed by atoms with Gasteiger partial charge in [-0.2, -0.15) is 4.74 Å². The van der Waals surface area contributed by atoms with Gasteiger partial charge in [-0.05, 0) is 18.6 Å². The van der Waals surface area contributed by atoms with E-state index in [9.17, 15) is 4.79 Å². The Morgan fingerprint density at radius 1 is 1.33 bits per heavy atom. The number of hydrogen-bond acceptors (Lipinski definition) is 3. The minimum atomic E-state index is -0.352. The van der Waals surface area contributed by atoms with Crippen LogP contribution in [0.3, 0.4) is 0 Å². The number of rotatable bonds is 1. The summed E-state index contributed by atoms with van der Waals surface area (Å²) >= 11 is 0. The summed E-state index contributed by atoms with van der Waals surface area (Å²) in [4.78, 5) is 11.7. The second-order valence-corrected chi connectivity index (χ2v) is 3.30. The molecule has 5 heteroatoms. The number of nitrogens with one attached hydrogen (secondary N) is 1. The van der Waals surface area contributed by atoms with Crippen molar-refractivity contribution in [2.75, 3.05) is 0 Å². The summed E-state index contributed by atoms with van der Waals surface area (Å²) in [6.45, 7) is 1.88. The van der Waals surface area contributed by atoms with Gasteiger partial charge in [0.25, 0.3) is 0 Å². The highest BCUT2D eigenvalue weighted by Crippen LogP contribution is 2.08. The number of nitrogens with zero attached hydrogens (tertiary/aromatic N) is 2.